The van der Waals surface area contributed by atoms with Crippen molar-refractivity contribution in [3.8, 4) is 11.3 Å². The van der Waals surface area contributed by atoms with Crippen molar-refractivity contribution < 1.29 is 14.4 Å². The van der Waals surface area contributed by atoms with Crippen molar-refractivity contribution >= 4 is 28.4 Å². The van der Waals surface area contributed by atoms with Gasteiger partial charge < -0.3 is 14.8 Å². The predicted molar refractivity (Wildman–Crippen MR) is 159 cm³/mol. The number of rotatable bonds is 4. The Bertz CT molecular complexity index is 1490. The molecule has 1 aromatic carbocycles. The van der Waals surface area contributed by atoms with E-state index >= 15 is 0 Å². The fourth-order valence-corrected chi connectivity index (χ4v) is 7.23. The van der Waals surface area contributed by atoms with Crippen LogP contribution >= 0.6 is 0 Å². The number of ketones is 2. The zero-order valence-electron chi connectivity index (χ0n) is 24.5. The molecule has 41 heavy (non-hydrogen) atoms. The van der Waals surface area contributed by atoms with Gasteiger partial charge in [0.05, 0.1) is 29.1 Å². The third-order valence-corrected chi connectivity index (χ3v) is 9.52. The van der Waals surface area contributed by atoms with Crippen LogP contribution in [-0.2, 0) is 22.6 Å². The molecule has 2 aliphatic heterocycles. The fraction of sp³-hybridized carbons (Fsp3) is 0.545. The molecule has 2 bridgehead atoms. The third-order valence-electron chi connectivity index (χ3n) is 9.52. The normalized spacial score (nSPS) is 25.1. The average molecular weight is 556 g/mol. The van der Waals surface area contributed by atoms with Crippen LogP contribution in [-0.4, -0.2) is 62.1 Å². The van der Waals surface area contributed by atoms with Crippen molar-refractivity contribution in [1.82, 2.24) is 24.8 Å². The maximum absolute atomic E-state index is 14.1. The second kappa shape index (κ2) is 11.1. The second-order valence-corrected chi connectivity index (χ2v) is 12.4. The first kappa shape index (κ1) is 27.8. The molecule has 1 N–H and O–H groups in total. The first-order chi connectivity index (χ1) is 19.8. The molecule has 3 atom stereocenters. The van der Waals surface area contributed by atoms with Crippen molar-refractivity contribution in [3.63, 3.8) is 0 Å². The molecule has 2 fully saturated rings. The van der Waals surface area contributed by atoms with Gasteiger partial charge in [0.2, 0.25) is 5.91 Å². The van der Waals surface area contributed by atoms with E-state index in [-0.39, 0.29) is 41.5 Å². The summed E-state index contributed by atoms with van der Waals surface area (Å²) in [7, 11) is 0. The van der Waals surface area contributed by atoms with Crippen LogP contribution in [0.4, 0.5) is 0 Å². The van der Waals surface area contributed by atoms with Crippen LogP contribution in [0.2, 0.25) is 0 Å². The predicted octanol–water partition coefficient (Wildman–Crippen LogP) is 5.04. The largest absolute Gasteiger partial charge is 0.337 e. The molecular weight excluding hydrogens is 514 g/mol. The first-order valence-electron chi connectivity index (χ1n) is 15.3. The quantitative estimate of drug-likeness (QED) is 0.453. The van der Waals surface area contributed by atoms with Gasteiger partial charge in [-0.05, 0) is 70.2 Å². The summed E-state index contributed by atoms with van der Waals surface area (Å²) in [5.74, 6) is 0.0801. The van der Waals surface area contributed by atoms with E-state index < -0.39 is 0 Å². The molecule has 3 aromatic rings. The number of hydrogen-bond acceptors (Lipinski definition) is 6. The van der Waals surface area contributed by atoms with Gasteiger partial charge in [0.15, 0.2) is 11.6 Å². The molecule has 8 nitrogen and oxygen atoms in total. The smallest absolute Gasteiger partial charge is 0.243 e. The Labute approximate surface area is 241 Å². The van der Waals surface area contributed by atoms with Crippen molar-refractivity contribution in [1.29, 1.82) is 0 Å². The molecule has 0 spiro atoms. The fourth-order valence-electron chi connectivity index (χ4n) is 7.23. The molecule has 6 rings (SSSR count). The number of aromatic nitrogens is 3. The van der Waals surface area contributed by atoms with Crippen LogP contribution in [0.1, 0.15) is 86.8 Å². The maximum Gasteiger partial charge on any atom is 0.243 e. The van der Waals surface area contributed by atoms with E-state index in [1.54, 1.807) is 19.3 Å². The monoisotopic (exact) mass is 555 g/mol. The average Bonchev–Trinajstić information content (AvgIpc) is 3.36. The Morgan fingerprint density at radius 2 is 1.88 bits per heavy atom. The molecule has 1 saturated heterocycles. The van der Waals surface area contributed by atoms with Crippen molar-refractivity contribution in [2.45, 2.75) is 97.2 Å². The lowest BCUT2D eigenvalue weighted by Crippen LogP contribution is -2.44. The number of nitrogens with one attached hydrogen (secondary N) is 1. The van der Waals surface area contributed by atoms with E-state index in [4.69, 9.17) is 0 Å². The summed E-state index contributed by atoms with van der Waals surface area (Å²) in [5, 5.41) is 4.50. The Morgan fingerprint density at radius 1 is 1.07 bits per heavy atom. The van der Waals surface area contributed by atoms with Crippen LogP contribution in [0.3, 0.4) is 0 Å². The lowest BCUT2D eigenvalue weighted by molar-refractivity contribution is -0.139. The van der Waals surface area contributed by atoms with Crippen LogP contribution in [0.25, 0.3) is 22.2 Å². The minimum Gasteiger partial charge on any atom is -0.337 e. The van der Waals surface area contributed by atoms with E-state index in [1.165, 1.54) is 12.8 Å². The topological polar surface area (TPSA) is 97.2 Å². The summed E-state index contributed by atoms with van der Waals surface area (Å²) >= 11 is 0. The van der Waals surface area contributed by atoms with E-state index in [0.717, 1.165) is 85.0 Å². The lowest BCUT2D eigenvalue weighted by Gasteiger charge is -2.27. The zero-order valence-corrected chi connectivity index (χ0v) is 24.5. The summed E-state index contributed by atoms with van der Waals surface area (Å²) in [6, 6.07) is 3.94. The summed E-state index contributed by atoms with van der Waals surface area (Å²) in [4.78, 5) is 51.0. The third kappa shape index (κ3) is 5.23. The molecule has 3 aliphatic rings. The van der Waals surface area contributed by atoms with Gasteiger partial charge in [0.1, 0.15) is 6.54 Å². The van der Waals surface area contributed by atoms with Crippen molar-refractivity contribution in [3.05, 3.63) is 47.5 Å². The molecular formula is C33H41N5O3. The van der Waals surface area contributed by atoms with Gasteiger partial charge in [-0.2, -0.15) is 0 Å². The van der Waals surface area contributed by atoms with Crippen molar-refractivity contribution in [2.75, 3.05) is 13.1 Å². The van der Waals surface area contributed by atoms with Gasteiger partial charge in [0, 0.05) is 53.3 Å². The van der Waals surface area contributed by atoms with Gasteiger partial charge >= 0.3 is 0 Å². The number of carbonyl (C=O) groups is 3. The highest BCUT2D eigenvalue weighted by Gasteiger charge is 2.66. The van der Waals surface area contributed by atoms with Gasteiger partial charge in [-0.1, -0.05) is 26.2 Å². The summed E-state index contributed by atoms with van der Waals surface area (Å²) in [6.45, 7) is 7.35. The zero-order chi connectivity index (χ0) is 28.7. The number of carbonyl (C=O) groups excluding carboxylic acids is 3. The summed E-state index contributed by atoms with van der Waals surface area (Å²) in [5.41, 5.74) is 5.23. The number of aryl methyl sites for hydroxylation is 2. The number of piperidine rings is 1. The minimum atomic E-state index is -0.354. The molecule has 4 heterocycles. The van der Waals surface area contributed by atoms with Gasteiger partial charge in [-0.15, -0.1) is 0 Å². The van der Waals surface area contributed by atoms with Crippen LogP contribution in [0.5, 0.6) is 0 Å². The van der Waals surface area contributed by atoms with Crippen LogP contribution < -0.4 is 5.32 Å². The SMILES string of the molecule is CCC(=O)[C@@H]1C[C@]23CNCCCCCCCc4cc(-c5cnc(C)cn5)cc5c(C(C)=O)cn(c45)CC(=O)N1[C@@H]2C3. The molecule has 1 aliphatic carbocycles. The van der Waals surface area contributed by atoms with Gasteiger partial charge in [-0.3, -0.25) is 24.4 Å². The highest BCUT2D eigenvalue weighted by atomic mass is 16.2. The molecule has 2 aromatic heterocycles. The van der Waals surface area contributed by atoms with E-state index in [2.05, 4.69) is 21.4 Å². The Kier molecular flexibility index (Phi) is 7.53. The molecule has 8 heteroatoms. The lowest BCUT2D eigenvalue weighted by atomic mass is 9.96. The Morgan fingerprint density at radius 3 is 2.63 bits per heavy atom. The number of amides is 1. The van der Waals surface area contributed by atoms with E-state index in [1.807, 2.05) is 35.6 Å². The van der Waals surface area contributed by atoms with Crippen LogP contribution in [0.15, 0.2) is 30.7 Å². The number of nitrogens with zero attached hydrogens (tertiary/aromatic N) is 4. The number of hydrogen-bond donors (Lipinski definition) is 1. The summed E-state index contributed by atoms with van der Waals surface area (Å²) < 4.78 is 1.97. The first-order valence-corrected chi connectivity index (χ1v) is 15.3. The summed E-state index contributed by atoms with van der Waals surface area (Å²) in [6.07, 6.45) is 14.0. The molecule has 1 amide bonds. The van der Waals surface area contributed by atoms with Crippen LogP contribution in [0, 0.1) is 12.3 Å². The molecule has 216 valence electrons. The Balaban J connectivity index is 1.44. The molecule has 0 radical (unpaired) electrons. The highest BCUT2D eigenvalue weighted by Crippen LogP contribution is 2.59. The van der Waals surface area contributed by atoms with E-state index in [0.29, 0.717) is 12.0 Å². The molecule has 1 saturated carbocycles. The maximum atomic E-state index is 14.1. The van der Waals surface area contributed by atoms with Gasteiger partial charge in [0.25, 0.3) is 0 Å². The number of benzene rings is 1. The van der Waals surface area contributed by atoms with Gasteiger partial charge in [-0.25, -0.2) is 0 Å². The minimum absolute atomic E-state index is 0.0115. The standard InChI is InChI=1S/C33H41N5O3/c1-4-29(40)28-14-33-15-30(33)38(28)31(41)19-37-18-26(22(3)39)25-13-24(27-17-35-21(2)16-36-27)12-23(32(25)37)10-8-6-5-7-9-11-34-20-33/h12-13,16-18,28,30,34H,4-11,14-15,19-20H2,1-3H3/t28-,30+,33-/m0/s1. The Hall–Kier alpha value is -3.39. The number of Topliss-reactive ketones (excluding diaryl/α,β-unsaturated/α-hetero) is 2. The van der Waals surface area contributed by atoms with E-state index in [9.17, 15) is 14.4 Å². The second-order valence-electron chi connectivity index (χ2n) is 12.4. The molecule has 0 unspecified atom stereocenters. The van der Waals surface area contributed by atoms with Crippen molar-refractivity contribution in [2.24, 2.45) is 5.41 Å². The highest BCUT2D eigenvalue weighted by molar-refractivity contribution is 6.09.